The van der Waals surface area contributed by atoms with Crippen molar-refractivity contribution >= 4 is 16.8 Å². The molecule has 5 rings (SSSR count). The van der Waals surface area contributed by atoms with Crippen LogP contribution >= 0.6 is 0 Å². The Bertz CT molecular complexity index is 1660. The Kier molecular flexibility index (Phi) is 7.04. The molecule has 0 spiro atoms. The maximum Gasteiger partial charge on any atom is 0.267 e. The topological polar surface area (TPSA) is 96.3 Å². The predicted octanol–water partition coefficient (Wildman–Crippen LogP) is 5.93. The minimum absolute atomic E-state index is 0.188. The number of nitrogens with one attached hydrogen (secondary N) is 2. The summed E-state index contributed by atoms with van der Waals surface area (Å²) in [7, 11) is 1.62. The van der Waals surface area contributed by atoms with Gasteiger partial charge in [-0.2, -0.15) is 0 Å². The molecule has 1 aliphatic carbocycles. The van der Waals surface area contributed by atoms with Gasteiger partial charge < -0.3 is 24.7 Å². The van der Waals surface area contributed by atoms with Crippen molar-refractivity contribution in [1.82, 2.24) is 14.9 Å². The number of pyridine rings is 1. The Morgan fingerprint density at radius 1 is 1.12 bits per heavy atom. The Hall–Kier alpha value is -3.98. The molecule has 2 atom stereocenters. The van der Waals surface area contributed by atoms with Crippen LogP contribution in [0.2, 0.25) is 0 Å². The number of aliphatic hydroxyl groups is 1. The summed E-state index contributed by atoms with van der Waals surface area (Å²) < 4.78 is 35.4. The van der Waals surface area contributed by atoms with E-state index in [4.69, 9.17) is 4.74 Å². The molecule has 2 aromatic carbocycles. The van der Waals surface area contributed by atoms with Crippen molar-refractivity contribution in [1.29, 1.82) is 0 Å². The van der Waals surface area contributed by atoms with Gasteiger partial charge in [-0.25, -0.2) is 8.78 Å². The molecule has 2 unspecified atom stereocenters. The molecule has 2 aromatic heterocycles. The lowest BCUT2D eigenvalue weighted by molar-refractivity contribution is 0.0786. The molecule has 1 amide bonds. The summed E-state index contributed by atoms with van der Waals surface area (Å²) in [6, 6.07) is 9.29. The van der Waals surface area contributed by atoms with Crippen LogP contribution in [0.25, 0.3) is 22.0 Å². The third-order valence-corrected chi connectivity index (χ3v) is 7.52. The van der Waals surface area contributed by atoms with E-state index in [9.17, 15) is 23.5 Å². The molecule has 1 saturated carbocycles. The molecule has 4 aromatic rings. The number of benzene rings is 2. The van der Waals surface area contributed by atoms with Crippen LogP contribution in [0.1, 0.15) is 60.3 Å². The van der Waals surface area contributed by atoms with Crippen LogP contribution in [-0.4, -0.2) is 32.8 Å². The van der Waals surface area contributed by atoms with Gasteiger partial charge >= 0.3 is 0 Å². The Labute approximate surface area is 230 Å². The number of amides is 1. The average Bonchev–Trinajstić information content (AvgIpc) is 3.50. The van der Waals surface area contributed by atoms with E-state index in [1.54, 1.807) is 59.1 Å². The van der Waals surface area contributed by atoms with Gasteiger partial charge in [-0.15, -0.1) is 0 Å². The van der Waals surface area contributed by atoms with Gasteiger partial charge in [-0.1, -0.05) is 6.07 Å². The van der Waals surface area contributed by atoms with Gasteiger partial charge in [0.15, 0.2) is 0 Å². The van der Waals surface area contributed by atoms with Crippen molar-refractivity contribution in [3.63, 3.8) is 0 Å². The number of aryl methyl sites for hydroxylation is 3. The van der Waals surface area contributed by atoms with Gasteiger partial charge in [0.05, 0.1) is 16.5 Å². The van der Waals surface area contributed by atoms with E-state index >= 15 is 0 Å². The summed E-state index contributed by atoms with van der Waals surface area (Å²) in [4.78, 5) is 29.3. The molecule has 40 heavy (non-hydrogen) atoms. The fraction of sp³-hybridized carbons (Fsp3) is 0.355. The number of aromatic amines is 1. The highest BCUT2D eigenvalue weighted by atomic mass is 19.1. The first-order chi connectivity index (χ1) is 18.8. The number of halogens is 2. The SMILES string of the molecule is Cc1cc(F)cc(C)c1Oc1ccc(C(C)(C)O)cc1-c1cn(C)c(=O)c2cc(C(=O)NC3CCC(F)C3)[nH]c12. The molecule has 1 aliphatic rings. The molecular weight excluding hydrogens is 516 g/mol. The Morgan fingerprint density at radius 2 is 1.82 bits per heavy atom. The van der Waals surface area contributed by atoms with Crippen molar-refractivity contribution in [2.24, 2.45) is 7.05 Å². The predicted molar refractivity (Wildman–Crippen MR) is 150 cm³/mol. The molecule has 3 N–H and O–H groups in total. The van der Waals surface area contributed by atoms with Crippen LogP contribution in [0.15, 0.2) is 47.4 Å². The molecule has 0 saturated heterocycles. The number of nitrogens with zero attached hydrogens (tertiary/aromatic N) is 1. The van der Waals surface area contributed by atoms with Crippen LogP contribution in [0.3, 0.4) is 0 Å². The maximum absolute atomic E-state index is 14.0. The summed E-state index contributed by atoms with van der Waals surface area (Å²) in [6.07, 6.45) is 1.96. The van der Waals surface area contributed by atoms with Crippen molar-refractivity contribution < 1.29 is 23.4 Å². The molecule has 0 radical (unpaired) electrons. The number of aromatic nitrogens is 2. The highest BCUT2D eigenvalue weighted by Gasteiger charge is 2.27. The molecule has 1 fully saturated rings. The lowest BCUT2D eigenvalue weighted by atomic mass is 9.93. The average molecular weight is 550 g/mol. The number of carbonyl (C=O) groups is 1. The second kappa shape index (κ2) is 10.2. The van der Waals surface area contributed by atoms with Gasteiger partial charge in [0.25, 0.3) is 11.5 Å². The highest BCUT2D eigenvalue weighted by Crippen LogP contribution is 2.40. The van der Waals surface area contributed by atoms with E-state index in [0.717, 1.165) is 0 Å². The molecule has 210 valence electrons. The summed E-state index contributed by atoms with van der Waals surface area (Å²) >= 11 is 0. The molecule has 9 heteroatoms. The molecule has 2 heterocycles. The summed E-state index contributed by atoms with van der Waals surface area (Å²) in [6.45, 7) is 6.84. The monoisotopic (exact) mass is 549 g/mol. The Morgan fingerprint density at radius 3 is 2.45 bits per heavy atom. The largest absolute Gasteiger partial charge is 0.456 e. The van der Waals surface area contributed by atoms with Crippen LogP contribution in [0, 0.1) is 19.7 Å². The van der Waals surface area contributed by atoms with E-state index < -0.39 is 17.7 Å². The molecule has 7 nitrogen and oxygen atoms in total. The second-order valence-electron chi connectivity index (χ2n) is 11.3. The molecular formula is C31H33F2N3O4. The summed E-state index contributed by atoms with van der Waals surface area (Å²) in [5, 5.41) is 13.9. The van der Waals surface area contributed by atoms with E-state index in [1.165, 1.54) is 22.8 Å². The molecule has 0 bridgehead atoms. The number of hydrogen-bond donors (Lipinski definition) is 3. The first-order valence-electron chi connectivity index (χ1n) is 13.3. The number of H-pyrrole nitrogens is 1. The zero-order valence-electron chi connectivity index (χ0n) is 23.2. The quantitative estimate of drug-likeness (QED) is 0.278. The number of hydrogen-bond acceptors (Lipinski definition) is 4. The van der Waals surface area contributed by atoms with Gasteiger partial charge in [0.2, 0.25) is 0 Å². The number of alkyl halides is 1. The van der Waals surface area contributed by atoms with Crippen LogP contribution in [-0.2, 0) is 12.6 Å². The van der Waals surface area contributed by atoms with Gasteiger partial charge in [-0.3, -0.25) is 9.59 Å². The lowest BCUT2D eigenvalue weighted by Crippen LogP contribution is -2.33. The number of carbonyl (C=O) groups excluding carboxylic acids is 1. The summed E-state index contributed by atoms with van der Waals surface area (Å²) in [5.41, 5.74) is 2.10. The zero-order chi connectivity index (χ0) is 28.9. The van der Waals surface area contributed by atoms with Crippen molar-refractivity contribution in [2.75, 3.05) is 0 Å². The number of fused-ring (bicyclic) bond motifs is 1. The van der Waals surface area contributed by atoms with E-state index in [0.29, 0.717) is 63.1 Å². The van der Waals surface area contributed by atoms with Crippen molar-refractivity contribution in [2.45, 2.75) is 64.8 Å². The van der Waals surface area contributed by atoms with E-state index in [2.05, 4.69) is 10.3 Å². The third-order valence-electron chi connectivity index (χ3n) is 7.52. The van der Waals surface area contributed by atoms with Crippen molar-refractivity contribution in [3.8, 4) is 22.6 Å². The normalized spacial score (nSPS) is 17.4. The second-order valence-corrected chi connectivity index (χ2v) is 11.3. The first-order valence-corrected chi connectivity index (χ1v) is 13.3. The fourth-order valence-electron chi connectivity index (χ4n) is 5.37. The Balaban J connectivity index is 1.66. The van der Waals surface area contributed by atoms with Crippen molar-refractivity contribution in [3.05, 3.63) is 81.2 Å². The lowest BCUT2D eigenvalue weighted by Gasteiger charge is -2.22. The summed E-state index contributed by atoms with van der Waals surface area (Å²) in [5.74, 6) is 0.138. The minimum Gasteiger partial charge on any atom is -0.456 e. The third kappa shape index (κ3) is 5.25. The van der Waals surface area contributed by atoms with Gasteiger partial charge in [0, 0.05) is 30.4 Å². The zero-order valence-corrected chi connectivity index (χ0v) is 23.2. The number of rotatable bonds is 6. The fourth-order valence-corrected chi connectivity index (χ4v) is 5.37. The van der Waals surface area contributed by atoms with Crippen LogP contribution in [0.5, 0.6) is 11.5 Å². The first kappa shape index (κ1) is 27.6. The number of ether oxygens (including phenoxy) is 1. The van der Waals surface area contributed by atoms with E-state index in [-0.39, 0.29) is 29.5 Å². The van der Waals surface area contributed by atoms with E-state index in [1.807, 2.05) is 0 Å². The van der Waals surface area contributed by atoms with Gasteiger partial charge in [0.1, 0.15) is 29.2 Å². The van der Waals surface area contributed by atoms with Crippen LogP contribution < -0.4 is 15.6 Å². The smallest absolute Gasteiger partial charge is 0.267 e. The minimum atomic E-state index is -1.18. The maximum atomic E-state index is 14.0. The van der Waals surface area contributed by atoms with Gasteiger partial charge in [-0.05, 0) is 94.0 Å². The van der Waals surface area contributed by atoms with Crippen LogP contribution in [0.4, 0.5) is 8.78 Å². The molecule has 0 aliphatic heterocycles. The standard InChI is InChI=1S/C31H33F2N3O4/c1-16-10-20(33)11-17(2)28(16)40-26-9-6-18(31(3,4)39)12-22(26)24-15-36(5)30(38)23-14-25(35-27(23)24)29(37)34-21-8-7-19(32)13-21/h6,9-12,14-15,19,21,35,39H,7-8,13H2,1-5H3,(H,34,37). The highest BCUT2D eigenvalue weighted by molar-refractivity contribution is 6.02.